The number of carbonyl (C=O) groups excluding carboxylic acids is 3. The van der Waals surface area contributed by atoms with Crippen LogP contribution in [0.5, 0.6) is 0 Å². The molecule has 6 nitrogen and oxygen atoms in total. The number of ether oxygens (including phenoxy) is 1. The van der Waals surface area contributed by atoms with Gasteiger partial charge in [0.2, 0.25) is 5.91 Å². The van der Waals surface area contributed by atoms with Gasteiger partial charge in [-0.2, -0.15) is 0 Å². The van der Waals surface area contributed by atoms with Crippen LogP contribution in [0.2, 0.25) is 10.0 Å². The standard InChI is InChI=1S/C18H14Cl2N2O4S/c1-9(17(24)21-13-6-11(19)5-12(20)7-13)26-18(25)10-2-3-15-14(4-10)22-16(23)8-27-15/h2-7,9H,8H2,1H3,(H,21,24)(H,22,23). The highest BCUT2D eigenvalue weighted by Gasteiger charge is 2.22. The number of rotatable bonds is 4. The van der Waals surface area contributed by atoms with Crippen molar-refractivity contribution in [1.29, 1.82) is 0 Å². The van der Waals surface area contributed by atoms with Crippen LogP contribution in [0, 0.1) is 0 Å². The van der Waals surface area contributed by atoms with Crippen molar-refractivity contribution in [2.45, 2.75) is 17.9 Å². The van der Waals surface area contributed by atoms with E-state index in [0.29, 0.717) is 27.2 Å². The topological polar surface area (TPSA) is 84.5 Å². The highest BCUT2D eigenvalue weighted by Crippen LogP contribution is 2.32. The molecule has 2 N–H and O–H groups in total. The minimum atomic E-state index is -1.05. The molecule has 1 aliphatic heterocycles. The number of amides is 2. The normalized spacial score (nSPS) is 14.0. The Morgan fingerprint density at radius 2 is 1.89 bits per heavy atom. The fraction of sp³-hybridized carbons (Fsp3) is 0.167. The van der Waals surface area contributed by atoms with Gasteiger partial charge in [0.1, 0.15) is 0 Å². The van der Waals surface area contributed by atoms with E-state index in [1.807, 2.05) is 0 Å². The largest absolute Gasteiger partial charge is 0.449 e. The van der Waals surface area contributed by atoms with Gasteiger partial charge in [0.25, 0.3) is 5.91 Å². The minimum absolute atomic E-state index is 0.133. The number of fused-ring (bicyclic) bond motifs is 1. The first-order valence-corrected chi connectivity index (χ1v) is 9.60. The van der Waals surface area contributed by atoms with E-state index in [2.05, 4.69) is 10.6 Å². The number of nitrogens with one attached hydrogen (secondary N) is 2. The van der Waals surface area contributed by atoms with Gasteiger partial charge in [0.05, 0.1) is 17.0 Å². The molecule has 2 amide bonds. The van der Waals surface area contributed by atoms with E-state index in [4.69, 9.17) is 27.9 Å². The van der Waals surface area contributed by atoms with E-state index in [1.54, 1.807) is 12.1 Å². The van der Waals surface area contributed by atoms with Crippen molar-refractivity contribution in [2.24, 2.45) is 0 Å². The third-order valence-corrected chi connectivity index (χ3v) is 5.14. The Morgan fingerprint density at radius 3 is 2.59 bits per heavy atom. The number of hydrogen-bond acceptors (Lipinski definition) is 5. The SMILES string of the molecule is CC(OC(=O)c1ccc2c(c1)NC(=O)CS2)C(=O)Nc1cc(Cl)cc(Cl)c1. The summed E-state index contributed by atoms with van der Waals surface area (Å²) < 4.78 is 5.21. The molecule has 3 rings (SSSR count). The van der Waals surface area contributed by atoms with Crippen LogP contribution in [0.15, 0.2) is 41.3 Å². The summed E-state index contributed by atoms with van der Waals surface area (Å²) in [5, 5.41) is 6.04. The summed E-state index contributed by atoms with van der Waals surface area (Å²) in [4.78, 5) is 36.9. The van der Waals surface area contributed by atoms with Crippen LogP contribution >= 0.6 is 35.0 Å². The predicted molar refractivity (Wildman–Crippen MR) is 106 cm³/mol. The van der Waals surface area contributed by atoms with Gasteiger partial charge in [-0.05, 0) is 43.3 Å². The summed E-state index contributed by atoms with van der Waals surface area (Å²) in [5.74, 6) is -0.995. The minimum Gasteiger partial charge on any atom is -0.449 e. The Bertz CT molecular complexity index is 915. The average Bonchev–Trinajstić information content (AvgIpc) is 2.59. The molecule has 0 saturated heterocycles. The van der Waals surface area contributed by atoms with Crippen LogP contribution in [0.1, 0.15) is 17.3 Å². The molecule has 2 aromatic rings. The molecule has 0 fully saturated rings. The Hall–Kier alpha value is -2.22. The Morgan fingerprint density at radius 1 is 1.19 bits per heavy atom. The summed E-state index contributed by atoms with van der Waals surface area (Å²) in [7, 11) is 0. The Kier molecular flexibility index (Phi) is 5.94. The number of thioether (sulfide) groups is 1. The van der Waals surface area contributed by atoms with Crippen LogP contribution < -0.4 is 10.6 Å². The summed E-state index contributed by atoms with van der Waals surface area (Å²) >= 11 is 13.2. The van der Waals surface area contributed by atoms with Gasteiger partial charge < -0.3 is 15.4 Å². The zero-order valence-corrected chi connectivity index (χ0v) is 16.4. The van der Waals surface area contributed by atoms with Crippen LogP contribution in [0.25, 0.3) is 0 Å². The van der Waals surface area contributed by atoms with E-state index in [1.165, 1.54) is 43.0 Å². The van der Waals surface area contributed by atoms with Gasteiger partial charge in [-0.3, -0.25) is 9.59 Å². The summed E-state index contributed by atoms with van der Waals surface area (Å²) in [5.41, 5.74) is 1.19. The fourth-order valence-corrected chi connectivity index (χ4v) is 3.68. The molecular weight excluding hydrogens is 411 g/mol. The third-order valence-electron chi connectivity index (χ3n) is 3.63. The Labute approximate surface area is 169 Å². The summed E-state index contributed by atoms with van der Waals surface area (Å²) in [6, 6.07) is 9.45. The first-order chi connectivity index (χ1) is 12.8. The van der Waals surface area contributed by atoms with Gasteiger partial charge in [0, 0.05) is 20.6 Å². The molecule has 0 spiro atoms. The Balaban J connectivity index is 1.65. The van der Waals surface area contributed by atoms with Crippen molar-refractivity contribution in [3.63, 3.8) is 0 Å². The first-order valence-electron chi connectivity index (χ1n) is 7.86. The maximum absolute atomic E-state index is 12.3. The summed E-state index contributed by atoms with van der Waals surface area (Å²) in [6.07, 6.45) is -1.05. The van der Waals surface area contributed by atoms with E-state index < -0.39 is 18.0 Å². The molecule has 0 radical (unpaired) electrons. The second-order valence-electron chi connectivity index (χ2n) is 5.74. The second-order valence-corrected chi connectivity index (χ2v) is 7.63. The van der Waals surface area contributed by atoms with Gasteiger partial charge in [-0.15, -0.1) is 11.8 Å². The number of esters is 1. The molecule has 0 bridgehead atoms. The number of anilines is 2. The summed E-state index contributed by atoms with van der Waals surface area (Å²) in [6.45, 7) is 1.45. The fourth-order valence-electron chi connectivity index (χ4n) is 2.36. The van der Waals surface area contributed by atoms with E-state index in [9.17, 15) is 14.4 Å². The number of benzene rings is 2. The van der Waals surface area contributed by atoms with Crippen LogP contribution in [0.4, 0.5) is 11.4 Å². The van der Waals surface area contributed by atoms with Crippen molar-refractivity contribution in [3.05, 3.63) is 52.0 Å². The number of halogens is 2. The lowest BCUT2D eigenvalue weighted by Crippen LogP contribution is -2.30. The average molecular weight is 425 g/mol. The van der Waals surface area contributed by atoms with E-state index in [0.717, 1.165) is 4.90 Å². The molecule has 2 aromatic carbocycles. The predicted octanol–water partition coefficient (Wildman–Crippen LogP) is 4.22. The molecule has 9 heteroatoms. The van der Waals surface area contributed by atoms with Crippen LogP contribution in [0.3, 0.4) is 0 Å². The zero-order valence-electron chi connectivity index (χ0n) is 14.0. The third kappa shape index (κ3) is 4.94. The van der Waals surface area contributed by atoms with Crippen molar-refractivity contribution in [3.8, 4) is 0 Å². The molecule has 0 aromatic heterocycles. The highest BCUT2D eigenvalue weighted by molar-refractivity contribution is 8.00. The molecule has 0 aliphatic carbocycles. The molecular formula is C18H14Cl2N2O4S. The highest BCUT2D eigenvalue weighted by atomic mass is 35.5. The van der Waals surface area contributed by atoms with Gasteiger partial charge in [-0.25, -0.2) is 4.79 Å². The number of hydrogen-bond donors (Lipinski definition) is 2. The maximum Gasteiger partial charge on any atom is 0.338 e. The van der Waals surface area contributed by atoms with Crippen LogP contribution in [-0.4, -0.2) is 29.6 Å². The van der Waals surface area contributed by atoms with E-state index in [-0.39, 0.29) is 11.5 Å². The van der Waals surface area contributed by atoms with Crippen molar-refractivity contribution < 1.29 is 19.1 Å². The lowest BCUT2D eigenvalue weighted by molar-refractivity contribution is -0.123. The van der Waals surface area contributed by atoms with Crippen LogP contribution in [-0.2, 0) is 14.3 Å². The lowest BCUT2D eigenvalue weighted by atomic mass is 10.2. The van der Waals surface area contributed by atoms with Gasteiger partial charge in [0.15, 0.2) is 6.10 Å². The second kappa shape index (κ2) is 8.21. The van der Waals surface area contributed by atoms with Crippen molar-refractivity contribution >= 4 is 64.1 Å². The molecule has 27 heavy (non-hydrogen) atoms. The first kappa shape index (κ1) is 19.5. The molecule has 1 aliphatic rings. The molecule has 1 unspecified atom stereocenters. The molecule has 1 heterocycles. The molecule has 140 valence electrons. The smallest absolute Gasteiger partial charge is 0.338 e. The number of carbonyl (C=O) groups is 3. The van der Waals surface area contributed by atoms with E-state index >= 15 is 0 Å². The van der Waals surface area contributed by atoms with Crippen molar-refractivity contribution in [2.75, 3.05) is 16.4 Å². The maximum atomic E-state index is 12.3. The monoisotopic (exact) mass is 424 g/mol. The zero-order chi connectivity index (χ0) is 19.6. The molecule has 0 saturated carbocycles. The quantitative estimate of drug-likeness (QED) is 0.717. The van der Waals surface area contributed by atoms with Gasteiger partial charge >= 0.3 is 5.97 Å². The van der Waals surface area contributed by atoms with Crippen molar-refractivity contribution in [1.82, 2.24) is 0 Å². The van der Waals surface area contributed by atoms with Gasteiger partial charge in [-0.1, -0.05) is 23.2 Å². The lowest BCUT2D eigenvalue weighted by Gasteiger charge is -2.18. The molecule has 1 atom stereocenters.